The predicted octanol–water partition coefficient (Wildman–Crippen LogP) is 2.58. The summed E-state index contributed by atoms with van der Waals surface area (Å²) in [5.41, 5.74) is 6.80. The van der Waals surface area contributed by atoms with E-state index < -0.39 is 11.7 Å². The van der Waals surface area contributed by atoms with E-state index in [1.165, 1.54) is 23.1 Å². The zero-order chi connectivity index (χ0) is 14.0. The first kappa shape index (κ1) is 13.1. The number of halogens is 1. The molecular weight excluding hydrogens is 247 g/mol. The minimum Gasteiger partial charge on any atom is -0.469 e. The highest BCUT2D eigenvalue weighted by Crippen LogP contribution is 2.17. The predicted molar refractivity (Wildman–Crippen MR) is 70.1 cm³/mol. The Labute approximate surface area is 110 Å². The molecule has 1 heterocycles. The van der Waals surface area contributed by atoms with Crippen LogP contribution in [0.4, 0.5) is 10.1 Å². The summed E-state index contributed by atoms with van der Waals surface area (Å²) in [7, 11) is 1.61. The van der Waals surface area contributed by atoms with Crippen molar-refractivity contribution in [3.05, 3.63) is 53.2 Å². The van der Waals surface area contributed by atoms with Crippen LogP contribution in [0.2, 0.25) is 0 Å². The van der Waals surface area contributed by atoms with E-state index in [4.69, 9.17) is 10.2 Å². The third-order valence-electron chi connectivity index (χ3n) is 2.94. The minimum absolute atomic E-state index is 0.0244. The number of hydrogen-bond acceptors (Lipinski definition) is 3. The van der Waals surface area contributed by atoms with E-state index in [2.05, 4.69) is 0 Å². The summed E-state index contributed by atoms with van der Waals surface area (Å²) in [6.45, 7) is 2.17. The molecule has 2 aromatic rings. The molecule has 0 unspecified atom stereocenters. The monoisotopic (exact) mass is 262 g/mol. The molecule has 0 bridgehead atoms. The fraction of sp³-hybridized carbons (Fsp3) is 0.214. The Kier molecular flexibility index (Phi) is 3.55. The summed E-state index contributed by atoms with van der Waals surface area (Å²) < 4.78 is 18.8. The van der Waals surface area contributed by atoms with Crippen molar-refractivity contribution in [2.45, 2.75) is 13.5 Å². The summed E-state index contributed by atoms with van der Waals surface area (Å²) in [6.07, 6.45) is 1.56. The molecule has 100 valence electrons. The molecule has 0 atom stereocenters. The van der Waals surface area contributed by atoms with E-state index in [0.29, 0.717) is 12.2 Å². The maximum Gasteiger partial charge on any atom is 0.256 e. The second-order valence-corrected chi connectivity index (χ2v) is 4.40. The van der Waals surface area contributed by atoms with E-state index in [-0.39, 0.29) is 5.56 Å². The van der Waals surface area contributed by atoms with Crippen molar-refractivity contribution in [1.82, 2.24) is 4.90 Å². The van der Waals surface area contributed by atoms with Crippen LogP contribution in [0.3, 0.4) is 0 Å². The summed E-state index contributed by atoms with van der Waals surface area (Å²) in [5.74, 6) is -0.243. The van der Waals surface area contributed by atoms with Gasteiger partial charge in [0.2, 0.25) is 0 Å². The molecule has 1 aromatic heterocycles. The van der Waals surface area contributed by atoms with Gasteiger partial charge in [0.05, 0.1) is 11.8 Å². The molecular formula is C14H15FN2O2. The lowest BCUT2D eigenvalue weighted by Gasteiger charge is -2.17. The van der Waals surface area contributed by atoms with E-state index in [1.807, 2.05) is 6.92 Å². The topological polar surface area (TPSA) is 59.5 Å². The number of amides is 1. The Hall–Kier alpha value is -2.30. The Morgan fingerprint density at radius 3 is 2.79 bits per heavy atom. The number of nitrogen functional groups attached to an aromatic ring is 1. The Bertz CT molecular complexity index is 607. The van der Waals surface area contributed by atoms with Crippen molar-refractivity contribution in [2.75, 3.05) is 12.8 Å². The second-order valence-electron chi connectivity index (χ2n) is 4.40. The van der Waals surface area contributed by atoms with Crippen LogP contribution in [0, 0.1) is 12.7 Å². The van der Waals surface area contributed by atoms with E-state index in [1.54, 1.807) is 19.4 Å². The summed E-state index contributed by atoms with van der Waals surface area (Å²) in [5, 5.41) is 0. The molecule has 0 aliphatic rings. The number of benzene rings is 1. The van der Waals surface area contributed by atoms with Gasteiger partial charge in [0.15, 0.2) is 0 Å². The highest BCUT2D eigenvalue weighted by atomic mass is 19.1. The van der Waals surface area contributed by atoms with Gasteiger partial charge in [-0.3, -0.25) is 4.79 Å². The molecule has 1 amide bonds. The van der Waals surface area contributed by atoms with Crippen LogP contribution in [0.5, 0.6) is 0 Å². The highest BCUT2D eigenvalue weighted by Gasteiger charge is 2.17. The number of rotatable bonds is 3. The highest BCUT2D eigenvalue weighted by molar-refractivity contribution is 5.95. The van der Waals surface area contributed by atoms with Gasteiger partial charge in [0.25, 0.3) is 5.91 Å². The zero-order valence-corrected chi connectivity index (χ0v) is 10.8. The Morgan fingerprint density at radius 2 is 2.16 bits per heavy atom. The molecule has 2 N–H and O–H groups in total. The lowest BCUT2D eigenvalue weighted by molar-refractivity contribution is 0.0780. The molecule has 5 heteroatoms. The fourth-order valence-electron chi connectivity index (χ4n) is 1.82. The quantitative estimate of drug-likeness (QED) is 0.865. The van der Waals surface area contributed by atoms with E-state index >= 15 is 0 Å². The third-order valence-corrected chi connectivity index (χ3v) is 2.94. The van der Waals surface area contributed by atoms with Gasteiger partial charge in [-0.2, -0.15) is 0 Å². The smallest absolute Gasteiger partial charge is 0.256 e. The molecule has 0 aliphatic heterocycles. The number of carbonyl (C=O) groups is 1. The number of nitrogens with two attached hydrogens (primary N) is 1. The zero-order valence-electron chi connectivity index (χ0n) is 10.8. The first-order valence-corrected chi connectivity index (χ1v) is 5.82. The first-order valence-electron chi connectivity index (χ1n) is 5.82. The lowest BCUT2D eigenvalue weighted by atomic mass is 10.1. The van der Waals surface area contributed by atoms with Crippen molar-refractivity contribution in [2.24, 2.45) is 0 Å². The number of nitrogens with zero attached hydrogens (tertiary/aromatic N) is 1. The van der Waals surface area contributed by atoms with Gasteiger partial charge < -0.3 is 15.1 Å². The molecule has 0 aliphatic carbocycles. The molecule has 4 nitrogen and oxygen atoms in total. The molecule has 2 rings (SSSR count). The molecule has 1 aromatic carbocycles. The van der Waals surface area contributed by atoms with Crippen LogP contribution in [0.15, 0.2) is 34.9 Å². The molecule has 0 saturated carbocycles. The van der Waals surface area contributed by atoms with Gasteiger partial charge >= 0.3 is 0 Å². The Balaban J connectivity index is 2.19. The van der Waals surface area contributed by atoms with Gasteiger partial charge in [-0.25, -0.2) is 4.39 Å². The van der Waals surface area contributed by atoms with Gasteiger partial charge in [-0.1, -0.05) is 0 Å². The average molecular weight is 262 g/mol. The molecule has 0 radical (unpaired) electrons. The SMILES string of the molecule is Cc1occc1CN(C)C(=O)c1cc(N)ccc1F. The summed E-state index contributed by atoms with van der Waals surface area (Å²) in [4.78, 5) is 13.6. The van der Waals surface area contributed by atoms with Gasteiger partial charge in [-0.15, -0.1) is 0 Å². The molecule has 0 fully saturated rings. The van der Waals surface area contributed by atoms with Gasteiger partial charge in [0.1, 0.15) is 11.6 Å². The number of carbonyl (C=O) groups excluding carboxylic acids is 1. The van der Waals surface area contributed by atoms with Crippen molar-refractivity contribution >= 4 is 11.6 Å². The van der Waals surface area contributed by atoms with Crippen LogP contribution < -0.4 is 5.73 Å². The van der Waals surface area contributed by atoms with Crippen molar-refractivity contribution < 1.29 is 13.6 Å². The first-order chi connectivity index (χ1) is 8.99. The van der Waals surface area contributed by atoms with Crippen molar-refractivity contribution in [1.29, 1.82) is 0 Å². The fourth-order valence-corrected chi connectivity index (χ4v) is 1.82. The van der Waals surface area contributed by atoms with Gasteiger partial charge in [-0.05, 0) is 31.2 Å². The lowest BCUT2D eigenvalue weighted by Crippen LogP contribution is -2.27. The minimum atomic E-state index is -0.574. The average Bonchev–Trinajstić information content (AvgIpc) is 2.77. The van der Waals surface area contributed by atoms with Crippen LogP contribution in [0.1, 0.15) is 21.7 Å². The Morgan fingerprint density at radius 1 is 1.42 bits per heavy atom. The number of furan rings is 1. The molecule has 0 saturated heterocycles. The van der Waals surface area contributed by atoms with Gasteiger partial charge in [0, 0.05) is 24.8 Å². The second kappa shape index (κ2) is 5.14. The molecule has 19 heavy (non-hydrogen) atoms. The number of anilines is 1. The van der Waals surface area contributed by atoms with E-state index in [0.717, 1.165) is 11.3 Å². The maximum atomic E-state index is 13.6. The standard InChI is InChI=1S/C14H15FN2O2/c1-9-10(5-6-19-9)8-17(2)14(18)12-7-11(16)3-4-13(12)15/h3-7H,8,16H2,1-2H3. The molecule has 0 spiro atoms. The van der Waals surface area contributed by atoms with Crippen LogP contribution in [0.25, 0.3) is 0 Å². The normalized spacial score (nSPS) is 10.5. The van der Waals surface area contributed by atoms with Crippen LogP contribution in [-0.2, 0) is 6.54 Å². The third kappa shape index (κ3) is 2.76. The summed E-state index contributed by atoms with van der Waals surface area (Å²) in [6, 6.07) is 5.75. The van der Waals surface area contributed by atoms with Crippen molar-refractivity contribution in [3.8, 4) is 0 Å². The van der Waals surface area contributed by atoms with E-state index in [9.17, 15) is 9.18 Å². The van der Waals surface area contributed by atoms with Crippen LogP contribution in [-0.4, -0.2) is 17.9 Å². The van der Waals surface area contributed by atoms with Crippen molar-refractivity contribution in [3.63, 3.8) is 0 Å². The largest absolute Gasteiger partial charge is 0.469 e. The number of aryl methyl sites for hydroxylation is 1. The number of hydrogen-bond donors (Lipinski definition) is 1. The maximum absolute atomic E-state index is 13.6. The van der Waals surface area contributed by atoms with Crippen LogP contribution >= 0.6 is 0 Å². The summed E-state index contributed by atoms with van der Waals surface area (Å²) >= 11 is 0.